The van der Waals surface area contributed by atoms with Crippen molar-refractivity contribution in [1.29, 1.82) is 5.26 Å². The highest BCUT2D eigenvalue weighted by Gasteiger charge is 1.84. The van der Waals surface area contributed by atoms with Gasteiger partial charge in [0.05, 0.1) is 6.07 Å². The van der Waals surface area contributed by atoms with Gasteiger partial charge in [0, 0.05) is 12.1 Å². The second-order valence-electron chi connectivity index (χ2n) is 1.43. The summed E-state index contributed by atoms with van der Waals surface area (Å²) in [5.41, 5.74) is 5.92. The lowest BCUT2D eigenvalue weighted by Crippen LogP contribution is -1.94. The molecule has 0 spiro atoms. The molecule has 0 atom stereocenters. The quantitative estimate of drug-likeness (QED) is 0.534. The summed E-state index contributed by atoms with van der Waals surface area (Å²) in [6.45, 7) is 2.40. The van der Waals surface area contributed by atoms with Crippen LogP contribution in [0, 0.1) is 11.3 Å². The molecule has 0 radical (unpaired) electrons. The lowest BCUT2D eigenvalue weighted by Gasteiger charge is -1.85. The van der Waals surface area contributed by atoms with Crippen molar-refractivity contribution in [1.82, 2.24) is 0 Å². The molecule has 0 aliphatic carbocycles. The molecule has 0 aromatic rings. The van der Waals surface area contributed by atoms with Gasteiger partial charge in [0.1, 0.15) is 0 Å². The van der Waals surface area contributed by atoms with Crippen LogP contribution in [-0.2, 0) is 0 Å². The average molecular weight is 110 g/mol. The zero-order valence-corrected chi connectivity index (χ0v) is 5.02. The van der Waals surface area contributed by atoms with Crippen LogP contribution in [0.4, 0.5) is 0 Å². The van der Waals surface area contributed by atoms with Crippen molar-refractivity contribution in [2.45, 2.75) is 13.3 Å². The Morgan fingerprint density at radius 3 is 2.62 bits per heavy atom. The smallest absolute Gasteiger partial charge is 0.0944 e. The van der Waals surface area contributed by atoms with Crippen molar-refractivity contribution in [3.05, 3.63) is 11.6 Å². The molecule has 0 aromatic heterocycles. The molecule has 0 heterocycles. The Morgan fingerprint density at radius 2 is 2.50 bits per heavy atom. The van der Waals surface area contributed by atoms with Gasteiger partial charge >= 0.3 is 0 Å². The van der Waals surface area contributed by atoms with E-state index in [1.165, 1.54) is 0 Å². The standard InChI is InChI=1S/C6H10N2/c1-2-6(5-8)3-4-7/h3H,2,4,7H2,1H3/b6-3+. The summed E-state index contributed by atoms with van der Waals surface area (Å²) >= 11 is 0. The third kappa shape index (κ3) is 2.38. The minimum absolute atomic E-state index is 0.469. The van der Waals surface area contributed by atoms with Crippen LogP contribution in [-0.4, -0.2) is 6.54 Å². The molecule has 0 aliphatic rings. The van der Waals surface area contributed by atoms with Gasteiger partial charge in [0.2, 0.25) is 0 Å². The van der Waals surface area contributed by atoms with Crippen molar-refractivity contribution in [2.75, 3.05) is 6.54 Å². The molecule has 2 nitrogen and oxygen atoms in total. The lowest BCUT2D eigenvalue weighted by atomic mass is 10.2. The zero-order chi connectivity index (χ0) is 6.41. The van der Waals surface area contributed by atoms with E-state index in [-0.39, 0.29) is 0 Å². The molecule has 0 fully saturated rings. The summed E-state index contributed by atoms with van der Waals surface area (Å²) < 4.78 is 0. The molecular weight excluding hydrogens is 100 g/mol. The molecule has 0 aliphatic heterocycles. The second kappa shape index (κ2) is 4.35. The fraction of sp³-hybridized carbons (Fsp3) is 0.500. The fourth-order valence-corrected chi connectivity index (χ4v) is 0.411. The summed E-state index contributed by atoms with van der Waals surface area (Å²) in [5, 5.41) is 8.28. The maximum atomic E-state index is 8.28. The molecule has 2 N–H and O–H groups in total. The van der Waals surface area contributed by atoms with Crippen LogP contribution in [0.25, 0.3) is 0 Å². The lowest BCUT2D eigenvalue weighted by molar-refractivity contribution is 1.11. The minimum Gasteiger partial charge on any atom is -0.327 e. The molecule has 0 aromatic carbocycles. The normalized spacial score (nSPS) is 10.9. The predicted molar refractivity (Wildman–Crippen MR) is 33.0 cm³/mol. The van der Waals surface area contributed by atoms with Gasteiger partial charge in [-0.15, -0.1) is 0 Å². The Hall–Kier alpha value is -0.810. The molecular formula is C6H10N2. The molecule has 0 saturated heterocycles. The van der Waals surface area contributed by atoms with Crippen molar-refractivity contribution in [3.8, 4) is 6.07 Å². The van der Waals surface area contributed by atoms with Crippen molar-refractivity contribution in [3.63, 3.8) is 0 Å². The van der Waals surface area contributed by atoms with Gasteiger partial charge in [0.25, 0.3) is 0 Å². The molecule has 2 heteroatoms. The van der Waals surface area contributed by atoms with E-state index in [0.717, 1.165) is 12.0 Å². The van der Waals surface area contributed by atoms with E-state index in [1.54, 1.807) is 6.08 Å². The number of nitriles is 1. The number of nitrogens with zero attached hydrogens (tertiary/aromatic N) is 1. The molecule has 0 bridgehead atoms. The van der Waals surface area contributed by atoms with Crippen LogP contribution in [0.3, 0.4) is 0 Å². The molecule has 8 heavy (non-hydrogen) atoms. The summed E-state index contributed by atoms with van der Waals surface area (Å²) in [7, 11) is 0. The average Bonchev–Trinajstić information content (AvgIpc) is 1.83. The largest absolute Gasteiger partial charge is 0.327 e. The Bertz CT molecular complexity index is 119. The molecule has 0 rings (SSSR count). The topological polar surface area (TPSA) is 49.8 Å². The highest BCUT2D eigenvalue weighted by Crippen LogP contribution is 1.94. The van der Waals surface area contributed by atoms with E-state index < -0.39 is 0 Å². The first-order chi connectivity index (χ1) is 3.85. The van der Waals surface area contributed by atoms with Crippen LogP contribution in [0.2, 0.25) is 0 Å². The predicted octanol–water partition coefficient (Wildman–Crippen LogP) is 0.805. The molecule has 44 valence electrons. The zero-order valence-electron chi connectivity index (χ0n) is 5.02. The van der Waals surface area contributed by atoms with E-state index in [0.29, 0.717) is 6.54 Å². The third-order valence-electron chi connectivity index (χ3n) is 0.889. The summed E-state index contributed by atoms with van der Waals surface area (Å²) in [5.74, 6) is 0. The van der Waals surface area contributed by atoms with Crippen molar-refractivity contribution in [2.24, 2.45) is 5.73 Å². The van der Waals surface area contributed by atoms with Crippen LogP contribution < -0.4 is 5.73 Å². The van der Waals surface area contributed by atoms with Gasteiger partial charge in [-0.3, -0.25) is 0 Å². The van der Waals surface area contributed by atoms with Crippen molar-refractivity contribution >= 4 is 0 Å². The van der Waals surface area contributed by atoms with Crippen LogP contribution in [0.15, 0.2) is 11.6 Å². The first-order valence-electron chi connectivity index (χ1n) is 2.64. The van der Waals surface area contributed by atoms with Gasteiger partial charge in [-0.1, -0.05) is 13.0 Å². The van der Waals surface area contributed by atoms with Crippen LogP contribution in [0.1, 0.15) is 13.3 Å². The molecule has 0 amide bonds. The second-order valence-corrected chi connectivity index (χ2v) is 1.43. The number of allylic oxidation sites excluding steroid dienone is 1. The summed E-state index contributed by atoms with van der Waals surface area (Å²) in [6.07, 6.45) is 2.52. The maximum Gasteiger partial charge on any atom is 0.0944 e. The number of nitrogens with two attached hydrogens (primary N) is 1. The van der Waals surface area contributed by atoms with Gasteiger partial charge in [-0.05, 0) is 6.42 Å². The van der Waals surface area contributed by atoms with Gasteiger partial charge in [-0.2, -0.15) is 5.26 Å². The minimum atomic E-state index is 0.469. The van der Waals surface area contributed by atoms with Gasteiger partial charge < -0.3 is 5.73 Å². The van der Waals surface area contributed by atoms with Gasteiger partial charge in [0.15, 0.2) is 0 Å². The number of rotatable bonds is 2. The number of hydrogen-bond acceptors (Lipinski definition) is 2. The van der Waals surface area contributed by atoms with Crippen LogP contribution >= 0.6 is 0 Å². The summed E-state index contributed by atoms with van der Waals surface area (Å²) in [6, 6.07) is 2.03. The van der Waals surface area contributed by atoms with E-state index in [2.05, 4.69) is 0 Å². The Balaban J connectivity index is 3.72. The number of hydrogen-bond donors (Lipinski definition) is 1. The summed E-state index contributed by atoms with van der Waals surface area (Å²) in [4.78, 5) is 0. The monoisotopic (exact) mass is 110 g/mol. The SMILES string of the molecule is CC/C(C#N)=C\CN. The molecule has 0 unspecified atom stereocenters. The van der Waals surface area contributed by atoms with E-state index in [4.69, 9.17) is 11.0 Å². The van der Waals surface area contributed by atoms with Crippen molar-refractivity contribution < 1.29 is 0 Å². The molecule has 0 saturated carbocycles. The van der Waals surface area contributed by atoms with E-state index in [1.807, 2.05) is 13.0 Å². The highest BCUT2D eigenvalue weighted by atomic mass is 14.5. The van der Waals surface area contributed by atoms with Crippen LogP contribution in [0.5, 0.6) is 0 Å². The maximum absolute atomic E-state index is 8.28. The Morgan fingerprint density at radius 1 is 1.88 bits per heavy atom. The Labute approximate surface area is 49.6 Å². The third-order valence-corrected chi connectivity index (χ3v) is 0.889. The fourth-order valence-electron chi connectivity index (χ4n) is 0.411. The van der Waals surface area contributed by atoms with Gasteiger partial charge in [-0.25, -0.2) is 0 Å². The van der Waals surface area contributed by atoms with E-state index in [9.17, 15) is 0 Å². The first-order valence-corrected chi connectivity index (χ1v) is 2.64. The first kappa shape index (κ1) is 7.19. The van der Waals surface area contributed by atoms with E-state index >= 15 is 0 Å². The highest BCUT2D eigenvalue weighted by molar-refractivity contribution is 5.19. The Kier molecular flexibility index (Phi) is 3.91.